The second kappa shape index (κ2) is 16.3. The van der Waals surface area contributed by atoms with Crippen molar-refractivity contribution < 1.29 is 9.53 Å². The number of allylic oxidation sites excluding steroid dienone is 1. The lowest BCUT2D eigenvalue weighted by atomic mass is 9.80. The Bertz CT molecular complexity index is 883. The monoisotopic (exact) mass is 490 g/mol. The molecule has 36 heavy (non-hydrogen) atoms. The Hall–Kier alpha value is -2.49. The van der Waals surface area contributed by atoms with Crippen molar-refractivity contribution in [1.82, 2.24) is 9.97 Å². The first-order valence-corrected chi connectivity index (χ1v) is 14.4. The number of unbranched alkanes of at least 4 members (excludes halogenated alkanes) is 8. The number of rotatable bonds is 16. The van der Waals surface area contributed by atoms with E-state index in [0.717, 1.165) is 50.0 Å². The molecule has 3 rings (SSSR count). The van der Waals surface area contributed by atoms with E-state index in [9.17, 15) is 4.79 Å². The Morgan fingerprint density at radius 1 is 0.917 bits per heavy atom. The molecule has 4 heteroatoms. The number of aromatic nitrogens is 2. The average molecular weight is 491 g/mol. The van der Waals surface area contributed by atoms with Crippen LogP contribution in [-0.4, -0.2) is 15.9 Å². The largest absolute Gasteiger partial charge is 0.426 e. The van der Waals surface area contributed by atoms with Gasteiger partial charge in [-0.05, 0) is 87.1 Å². The van der Waals surface area contributed by atoms with Gasteiger partial charge in [0.1, 0.15) is 5.75 Å². The zero-order chi connectivity index (χ0) is 25.4. The second-order valence-electron chi connectivity index (χ2n) is 10.5. The first kappa shape index (κ1) is 28.1. The lowest BCUT2D eigenvalue weighted by Crippen LogP contribution is -2.25. The smallest absolute Gasteiger partial charge is 0.314 e. The molecule has 1 aliphatic carbocycles. The van der Waals surface area contributed by atoms with Gasteiger partial charge >= 0.3 is 5.97 Å². The van der Waals surface area contributed by atoms with Crippen LogP contribution in [0.1, 0.15) is 109 Å². The lowest BCUT2D eigenvalue weighted by molar-refractivity contribution is -0.140. The van der Waals surface area contributed by atoms with Crippen molar-refractivity contribution in [1.29, 1.82) is 0 Å². The fourth-order valence-electron chi connectivity index (χ4n) is 5.20. The molecule has 0 saturated heterocycles. The molecule has 1 heterocycles. The maximum atomic E-state index is 12.7. The van der Waals surface area contributed by atoms with E-state index in [-0.39, 0.29) is 11.9 Å². The minimum Gasteiger partial charge on any atom is -0.426 e. The van der Waals surface area contributed by atoms with Crippen LogP contribution in [0.4, 0.5) is 0 Å². The van der Waals surface area contributed by atoms with Crippen molar-refractivity contribution >= 4 is 5.97 Å². The predicted molar refractivity (Wildman–Crippen MR) is 149 cm³/mol. The second-order valence-corrected chi connectivity index (χ2v) is 10.5. The molecule has 0 bridgehead atoms. The number of aryl methyl sites for hydroxylation is 1. The van der Waals surface area contributed by atoms with Crippen LogP contribution in [0.5, 0.6) is 5.75 Å². The summed E-state index contributed by atoms with van der Waals surface area (Å²) in [5.41, 5.74) is 2.14. The highest BCUT2D eigenvalue weighted by atomic mass is 16.5. The SMILES string of the molecule is C=CCCCCC[C@H]1CC[C@H](C(=O)Oc2ccc(-c3ncc(CCCCCCCC)cn3)cc2)CC1. The van der Waals surface area contributed by atoms with Gasteiger partial charge in [-0.1, -0.05) is 64.4 Å². The van der Waals surface area contributed by atoms with E-state index in [4.69, 9.17) is 4.74 Å². The van der Waals surface area contributed by atoms with Crippen molar-refractivity contribution in [3.05, 3.63) is 54.9 Å². The van der Waals surface area contributed by atoms with Crippen LogP contribution in [0, 0.1) is 11.8 Å². The van der Waals surface area contributed by atoms with Crippen molar-refractivity contribution in [3.8, 4) is 17.1 Å². The van der Waals surface area contributed by atoms with Gasteiger partial charge in [0, 0.05) is 18.0 Å². The molecule has 0 aliphatic heterocycles. The van der Waals surface area contributed by atoms with E-state index in [1.807, 2.05) is 42.7 Å². The number of hydrogen-bond acceptors (Lipinski definition) is 4. The molecule has 2 aromatic rings. The average Bonchev–Trinajstić information content (AvgIpc) is 2.92. The number of benzene rings is 1. The highest BCUT2D eigenvalue weighted by molar-refractivity contribution is 5.75. The van der Waals surface area contributed by atoms with Crippen LogP contribution < -0.4 is 4.74 Å². The normalized spacial score (nSPS) is 17.6. The Labute approximate surface area is 219 Å². The molecular formula is C32H46N2O2. The van der Waals surface area contributed by atoms with Gasteiger partial charge in [-0.2, -0.15) is 0 Å². The molecule has 0 N–H and O–H groups in total. The summed E-state index contributed by atoms with van der Waals surface area (Å²) in [6.45, 7) is 6.04. The molecule has 0 amide bonds. The van der Waals surface area contributed by atoms with Gasteiger partial charge in [-0.3, -0.25) is 4.79 Å². The summed E-state index contributed by atoms with van der Waals surface area (Å²) < 4.78 is 5.71. The Morgan fingerprint density at radius 2 is 1.58 bits per heavy atom. The molecule has 1 fully saturated rings. The summed E-state index contributed by atoms with van der Waals surface area (Å²) in [7, 11) is 0. The maximum absolute atomic E-state index is 12.7. The molecule has 4 nitrogen and oxygen atoms in total. The predicted octanol–water partition coefficient (Wildman–Crippen LogP) is 8.89. The number of ether oxygens (including phenoxy) is 1. The first-order valence-electron chi connectivity index (χ1n) is 14.4. The Kier molecular flexibility index (Phi) is 12.7. The fourth-order valence-corrected chi connectivity index (χ4v) is 5.20. The summed E-state index contributed by atoms with van der Waals surface area (Å²) in [5.74, 6) is 2.04. The molecule has 196 valence electrons. The van der Waals surface area contributed by atoms with E-state index < -0.39 is 0 Å². The fraction of sp³-hybridized carbons (Fsp3) is 0.594. The van der Waals surface area contributed by atoms with Crippen LogP contribution in [0.25, 0.3) is 11.4 Å². The summed E-state index contributed by atoms with van der Waals surface area (Å²) in [5, 5.41) is 0. The molecule has 1 aromatic carbocycles. The van der Waals surface area contributed by atoms with Crippen molar-refractivity contribution in [2.45, 2.75) is 110 Å². The van der Waals surface area contributed by atoms with Gasteiger partial charge < -0.3 is 4.74 Å². The zero-order valence-corrected chi connectivity index (χ0v) is 22.4. The number of esters is 1. The van der Waals surface area contributed by atoms with Crippen molar-refractivity contribution in [2.24, 2.45) is 11.8 Å². The Morgan fingerprint density at radius 3 is 2.28 bits per heavy atom. The standard InChI is InChI=1S/C32H46N2O2/c1-3-5-7-9-11-13-15-27-24-33-31(34-25-27)28-20-22-30(23-21-28)36-32(35)29-18-16-26(17-19-29)14-12-10-8-6-4-2/h4,20-26,29H,2-3,5-19H2,1H3/t26-,29-. The van der Waals surface area contributed by atoms with Crippen LogP contribution in [0.15, 0.2) is 49.3 Å². The minimum absolute atomic E-state index is 0.0317. The summed E-state index contributed by atoms with van der Waals surface area (Å²) in [4.78, 5) is 21.8. The van der Waals surface area contributed by atoms with Crippen LogP contribution in [-0.2, 0) is 11.2 Å². The minimum atomic E-state index is -0.0810. The van der Waals surface area contributed by atoms with Gasteiger partial charge in [-0.15, -0.1) is 6.58 Å². The van der Waals surface area contributed by atoms with Gasteiger partial charge in [0.25, 0.3) is 0 Å². The van der Waals surface area contributed by atoms with Gasteiger partial charge in [0.2, 0.25) is 0 Å². The molecule has 0 spiro atoms. The van der Waals surface area contributed by atoms with Crippen molar-refractivity contribution in [2.75, 3.05) is 0 Å². The molecular weight excluding hydrogens is 444 g/mol. The van der Waals surface area contributed by atoms with Crippen LogP contribution in [0.2, 0.25) is 0 Å². The molecule has 0 unspecified atom stereocenters. The summed E-state index contributed by atoms with van der Waals surface area (Å²) in [6, 6.07) is 7.59. The van der Waals surface area contributed by atoms with Gasteiger partial charge in [-0.25, -0.2) is 9.97 Å². The molecule has 1 saturated carbocycles. The lowest BCUT2D eigenvalue weighted by Gasteiger charge is -2.27. The highest BCUT2D eigenvalue weighted by Gasteiger charge is 2.27. The van der Waals surface area contributed by atoms with Crippen LogP contribution >= 0.6 is 0 Å². The van der Waals surface area contributed by atoms with E-state index in [0.29, 0.717) is 11.6 Å². The third kappa shape index (κ3) is 9.87. The number of nitrogens with zero attached hydrogens (tertiary/aromatic N) is 2. The highest BCUT2D eigenvalue weighted by Crippen LogP contribution is 2.33. The van der Waals surface area contributed by atoms with Crippen molar-refractivity contribution in [3.63, 3.8) is 0 Å². The van der Waals surface area contributed by atoms with E-state index >= 15 is 0 Å². The van der Waals surface area contributed by atoms with E-state index in [1.165, 1.54) is 69.8 Å². The number of carbonyl (C=O) groups excluding carboxylic acids is 1. The number of carbonyl (C=O) groups is 1. The molecule has 0 radical (unpaired) electrons. The first-order chi connectivity index (χ1) is 17.7. The zero-order valence-electron chi connectivity index (χ0n) is 22.4. The van der Waals surface area contributed by atoms with Gasteiger partial charge in [0.15, 0.2) is 5.82 Å². The summed E-state index contributed by atoms with van der Waals surface area (Å²) in [6.07, 6.45) is 25.2. The molecule has 1 aliphatic rings. The van der Waals surface area contributed by atoms with Gasteiger partial charge in [0.05, 0.1) is 5.92 Å². The quantitative estimate of drug-likeness (QED) is 0.102. The maximum Gasteiger partial charge on any atom is 0.314 e. The molecule has 0 atom stereocenters. The Balaban J connectivity index is 1.37. The van der Waals surface area contributed by atoms with Crippen LogP contribution in [0.3, 0.4) is 0 Å². The van der Waals surface area contributed by atoms with E-state index in [1.54, 1.807) is 0 Å². The number of hydrogen-bond donors (Lipinski definition) is 0. The third-order valence-corrected chi connectivity index (χ3v) is 7.56. The summed E-state index contributed by atoms with van der Waals surface area (Å²) >= 11 is 0. The topological polar surface area (TPSA) is 52.1 Å². The third-order valence-electron chi connectivity index (χ3n) is 7.56. The van der Waals surface area contributed by atoms with E-state index in [2.05, 4.69) is 23.5 Å². The molecule has 1 aromatic heterocycles.